The van der Waals surface area contributed by atoms with Crippen LogP contribution in [0.3, 0.4) is 0 Å². The molecule has 0 saturated heterocycles. The summed E-state index contributed by atoms with van der Waals surface area (Å²) in [7, 11) is 1.64. The molecule has 4 nitrogen and oxygen atoms in total. The second-order valence-corrected chi connectivity index (χ2v) is 9.54. The van der Waals surface area contributed by atoms with Crippen LogP contribution < -0.4 is 10.1 Å². The minimum absolute atomic E-state index is 0.130. The van der Waals surface area contributed by atoms with Gasteiger partial charge in [-0.2, -0.15) is 0 Å². The maximum absolute atomic E-state index is 13.5. The summed E-state index contributed by atoms with van der Waals surface area (Å²) < 4.78 is 6.28. The second-order valence-electron chi connectivity index (χ2n) is 8.62. The van der Waals surface area contributed by atoms with Crippen LogP contribution in [0.15, 0.2) is 77.3 Å². The van der Waals surface area contributed by atoms with Gasteiger partial charge in [-0.15, -0.1) is 0 Å². The fourth-order valence-corrected chi connectivity index (χ4v) is 4.38. The Bertz CT molecular complexity index is 1320. The number of benzene rings is 3. The first-order valence-corrected chi connectivity index (χ1v) is 12.3. The number of pyridine rings is 1. The second kappa shape index (κ2) is 10.4. The van der Waals surface area contributed by atoms with E-state index in [0.717, 1.165) is 44.4 Å². The summed E-state index contributed by atoms with van der Waals surface area (Å²) in [4.78, 5) is 18.3. The van der Waals surface area contributed by atoms with Crippen LogP contribution in [0.25, 0.3) is 22.2 Å². The topological polar surface area (TPSA) is 51.2 Å². The Morgan fingerprint density at radius 1 is 1.00 bits per heavy atom. The third kappa shape index (κ3) is 5.15. The Balaban J connectivity index is 1.69. The van der Waals surface area contributed by atoms with Gasteiger partial charge in [-0.25, -0.2) is 4.98 Å². The highest BCUT2D eigenvalue weighted by Gasteiger charge is 2.18. The molecule has 0 saturated carbocycles. The van der Waals surface area contributed by atoms with Crippen LogP contribution in [0.5, 0.6) is 5.75 Å². The summed E-state index contributed by atoms with van der Waals surface area (Å²) >= 11 is 3.53. The molecule has 0 fully saturated rings. The number of rotatable bonds is 7. The fraction of sp³-hybridized carbons (Fsp3) is 0.241. The van der Waals surface area contributed by atoms with E-state index >= 15 is 0 Å². The molecule has 3 aromatic carbocycles. The van der Waals surface area contributed by atoms with Gasteiger partial charge >= 0.3 is 0 Å². The van der Waals surface area contributed by atoms with E-state index in [4.69, 9.17) is 9.72 Å². The third-order valence-electron chi connectivity index (χ3n) is 6.35. The van der Waals surface area contributed by atoms with E-state index in [0.29, 0.717) is 11.5 Å². The first kappa shape index (κ1) is 24.0. The first-order valence-electron chi connectivity index (χ1n) is 11.5. The highest BCUT2D eigenvalue weighted by molar-refractivity contribution is 9.10. The van der Waals surface area contributed by atoms with Gasteiger partial charge in [0.15, 0.2) is 0 Å². The number of ether oxygens (including phenoxy) is 1. The number of hydrogen-bond acceptors (Lipinski definition) is 3. The number of methoxy groups -OCH3 is 1. The normalized spacial score (nSPS) is 12.9. The van der Waals surface area contributed by atoms with Gasteiger partial charge in [0.25, 0.3) is 5.91 Å². The van der Waals surface area contributed by atoms with Crippen LogP contribution in [-0.4, -0.2) is 18.0 Å². The van der Waals surface area contributed by atoms with Crippen molar-refractivity contribution in [2.45, 2.75) is 39.2 Å². The lowest BCUT2D eigenvalue weighted by molar-refractivity contribution is 0.0941. The zero-order valence-corrected chi connectivity index (χ0v) is 21.5. The Morgan fingerprint density at radius 3 is 2.44 bits per heavy atom. The summed E-state index contributed by atoms with van der Waals surface area (Å²) in [5.74, 6) is 1.14. The lowest BCUT2D eigenvalue weighted by Gasteiger charge is -2.17. The van der Waals surface area contributed by atoms with E-state index in [1.807, 2.05) is 55.5 Å². The number of nitrogens with zero attached hydrogens (tertiary/aromatic N) is 1. The fourth-order valence-electron chi connectivity index (χ4n) is 4.02. The molecule has 34 heavy (non-hydrogen) atoms. The molecule has 0 bridgehead atoms. The average Bonchev–Trinajstić information content (AvgIpc) is 2.87. The predicted molar refractivity (Wildman–Crippen MR) is 142 cm³/mol. The van der Waals surface area contributed by atoms with Crippen molar-refractivity contribution in [2.75, 3.05) is 7.11 Å². The van der Waals surface area contributed by atoms with Crippen LogP contribution in [0.2, 0.25) is 0 Å². The molecule has 4 aromatic rings. The van der Waals surface area contributed by atoms with Crippen molar-refractivity contribution in [1.29, 1.82) is 0 Å². The quantitative estimate of drug-likeness (QED) is 0.274. The summed E-state index contributed by atoms with van der Waals surface area (Å²) in [6, 6.07) is 23.8. The van der Waals surface area contributed by atoms with Gasteiger partial charge < -0.3 is 10.1 Å². The Morgan fingerprint density at radius 2 is 1.74 bits per heavy atom. The highest BCUT2D eigenvalue weighted by atomic mass is 79.9. The molecular weight excluding hydrogens is 488 g/mol. The first-order chi connectivity index (χ1) is 16.4. The van der Waals surface area contributed by atoms with Crippen LogP contribution >= 0.6 is 15.9 Å². The zero-order chi connectivity index (χ0) is 24.2. The number of fused-ring (bicyclic) bond motifs is 1. The van der Waals surface area contributed by atoms with Crippen molar-refractivity contribution in [2.24, 2.45) is 0 Å². The predicted octanol–water partition coefficient (Wildman–Crippen LogP) is 7.68. The van der Waals surface area contributed by atoms with Crippen molar-refractivity contribution in [3.8, 4) is 17.0 Å². The molecule has 0 unspecified atom stereocenters. The number of amides is 1. The summed E-state index contributed by atoms with van der Waals surface area (Å²) in [6.45, 7) is 6.43. The summed E-state index contributed by atoms with van der Waals surface area (Å²) in [5, 5.41) is 3.98. The molecule has 1 heterocycles. The number of aromatic nitrogens is 1. The molecule has 174 valence electrons. The van der Waals surface area contributed by atoms with Gasteiger partial charge in [-0.1, -0.05) is 66.2 Å². The zero-order valence-electron chi connectivity index (χ0n) is 19.9. The van der Waals surface area contributed by atoms with E-state index < -0.39 is 0 Å². The molecule has 0 aliphatic rings. The largest absolute Gasteiger partial charge is 0.497 e. The molecule has 0 radical (unpaired) electrons. The smallest absolute Gasteiger partial charge is 0.252 e. The molecule has 5 heteroatoms. The van der Waals surface area contributed by atoms with Crippen molar-refractivity contribution in [3.63, 3.8) is 0 Å². The number of hydrogen-bond donors (Lipinski definition) is 1. The van der Waals surface area contributed by atoms with Gasteiger partial charge in [0, 0.05) is 15.4 Å². The van der Waals surface area contributed by atoms with Crippen molar-refractivity contribution in [3.05, 3.63) is 94.0 Å². The van der Waals surface area contributed by atoms with Crippen molar-refractivity contribution in [1.82, 2.24) is 10.3 Å². The maximum Gasteiger partial charge on any atom is 0.252 e. The molecule has 0 aliphatic heterocycles. The molecule has 4 rings (SSSR count). The van der Waals surface area contributed by atoms with Gasteiger partial charge in [0.2, 0.25) is 0 Å². The Hall–Kier alpha value is -3.18. The number of nitrogens with one attached hydrogen (secondary N) is 1. The third-order valence-corrected chi connectivity index (χ3v) is 6.84. The Kier molecular flexibility index (Phi) is 7.32. The van der Waals surface area contributed by atoms with Crippen molar-refractivity contribution >= 4 is 32.7 Å². The summed E-state index contributed by atoms with van der Waals surface area (Å²) in [6.07, 6.45) is 1.10. The number of carbonyl (C=O) groups is 1. The molecule has 2 atom stereocenters. The molecule has 1 amide bonds. The monoisotopic (exact) mass is 516 g/mol. The Labute approximate surface area is 209 Å². The lowest BCUT2D eigenvalue weighted by Crippen LogP contribution is -2.27. The van der Waals surface area contributed by atoms with Gasteiger partial charge in [-0.05, 0) is 66.8 Å². The van der Waals surface area contributed by atoms with Gasteiger partial charge in [0.05, 0.1) is 29.9 Å². The van der Waals surface area contributed by atoms with Crippen LogP contribution in [0.4, 0.5) is 0 Å². The van der Waals surface area contributed by atoms with Gasteiger partial charge in [0.1, 0.15) is 5.75 Å². The van der Waals surface area contributed by atoms with E-state index in [2.05, 4.69) is 59.4 Å². The molecule has 1 N–H and O–H groups in total. The minimum atomic E-state index is -0.131. The van der Waals surface area contributed by atoms with E-state index in [1.165, 1.54) is 5.56 Å². The average molecular weight is 517 g/mol. The lowest BCUT2D eigenvalue weighted by atomic mass is 9.96. The molecule has 0 spiro atoms. The highest BCUT2D eigenvalue weighted by Crippen LogP contribution is 2.29. The van der Waals surface area contributed by atoms with Crippen LogP contribution in [0, 0.1) is 0 Å². The minimum Gasteiger partial charge on any atom is -0.497 e. The SMILES string of the molecule is CC[C@@H](C)c1ccc([C@@H](C)NC(=O)c2cc(-c3cccc(OC)c3)nc3ccc(Br)cc23)cc1. The van der Waals surface area contributed by atoms with Gasteiger partial charge in [-0.3, -0.25) is 4.79 Å². The summed E-state index contributed by atoms with van der Waals surface area (Å²) in [5.41, 5.74) is 5.37. The van der Waals surface area contributed by atoms with E-state index in [-0.39, 0.29) is 11.9 Å². The van der Waals surface area contributed by atoms with Crippen LogP contribution in [0.1, 0.15) is 60.6 Å². The van der Waals surface area contributed by atoms with E-state index in [1.54, 1.807) is 7.11 Å². The van der Waals surface area contributed by atoms with E-state index in [9.17, 15) is 4.79 Å². The maximum atomic E-state index is 13.5. The number of carbonyl (C=O) groups excluding carboxylic acids is 1. The molecule has 1 aromatic heterocycles. The molecule has 0 aliphatic carbocycles. The van der Waals surface area contributed by atoms with Crippen LogP contribution in [-0.2, 0) is 0 Å². The standard InChI is InChI=1S/C29H29BrN2O2/c1-5-18(2)20-9-11-21(12-10-20)19(3)31-29(33)26-17-28(22-7-6-8-24(15-22)34-4)32-27-14-13-23(30)16-25(26)27/h6-19H,5H2,1-4H3,(H,31,33)/t18-,19-/m1/s1. The molecular formula is C29H29BrN2O2. The van der Waals surface area contributed by atoms with Crippen molar-refractivity contribution < 1.29 is 9.53 Å². The number of halogens is 1.